The summed E-state index contributed by atoms with van der Waals surface area (Å²) in [5, 5.41) is 0.942. The van der Waals surface area contributed by atoms with Crippen LogP contribution in [0.15, 0.2) is 72.8 Å². The van der Waals surface area contributed by atoms with Gasteiger partial charge in [0.25, 0.3) is 5.91 Å². The molecule has 0 aliphatic carbocycles. The van der Waals surface area contributed by atoms with Crippen molar-refractivity contribution in [1.82, 2.24) is 9.88 Å². The van der Waals surface area contributed by atoms with Gasteiger partial charge in [0.2, 0.25) is 5.91 Å². The Hall–Kier alpha value is -3.35. The van der Waals surface area contributed by atoms with Crippen LogP contribution < -0.4 is 4.90 Å². The highest BCUT2D eigenvalue weighted by atomic mass is 32.1. The Morgan fingerprint density at radius 1 is 0.944 bits per heavy atom. The average Bonchev–Trinajstić information content (AvgIpc) is 3.45. The zero-order valence-electron chi connectivity index (χ0n) is 20.4. The van der Waals surface area contributed by atoms with E-state index in [4.69, 9.17) is 4.98 Å². The van der Waals surface area contributed by atoms with Crippen molar-refractivity contribution in [3.8, 4) is 10.6 Å². The summed E-state index contributed by atoms with van der Waals surface area (Å²) in [4.78, 5) is 34.6. The molecule has 5 nitrogen and oxygen atoms in total. The average molecular weight is 496 g/mol. The van der Waals surface area contributed by atoms with Crippen LogP contribution in [0.4, 0.5) is 5.69 Å². The second-order valence-corrected chi connectivity index (χ2v) is 11.0. The molecule has 0 radical (unpaired) electrons. The number of carbonyl (C=O) groups excluding carboxylic acids is 2. The smallest absolute Gasteiger partial charge is 0.251 e. The summed E-state index contributed by atoms with van der Waals surface area (Å²) in [6, 6.07) is 24.2. The van der Waals surface area contributed by atoms with Crippen molar-refractivity contribution < 1.29 is 9.59 Å². The van der Waals surface area contributed by atoms with Gasteiger partial charge in [0.15, 0.2) is 0 Å². The van der Waals surface area contributed by atoms with E-state index in [2.05, 4.69) is 54.3 Å². The molecule has 0 saturated carbocycles. The van der Waals surface area contributed by atoms with Crippen LogP contribution in [0.1, 0.15) is 30.4 Å². The fourth-order valence-electron chi connectivity index (χ4n) is 5.50. The number of rotatable bonds is 5. The fraction of sp³-hybridized carbons (Fsp3) is 0.300. The van der Waals surface area contributed by atoms with E-state index in [1.54, 1.807) is 11.3 Å². The van der Waals surface area contributed by atoms with Crippen molar-refractivity contribution in [3.63, 3.8) is 0 Å². The Morgan fingerprint density at radius 3 is 2.44 bits per heavy atom. The maximum absolute atomic E-state index is 13.3. The lowest BCUT2D eigenvalue weighted by atomic mass is 9.89. The number of amides is 2. The van der Waals surface area contributed by atoms with Crippen LogP contribution in [-0.2, 0) is 16.0 Å². The van der Waals surface area contributed by atoms with Crippen LogP contribution in [0.25, 0.3) is 20.8 Å². The number of anilines is 1. The Bertz CT molecular complexity index is 1410. The first kappa shape index (κ1) is 23.1. The van der Waals surface area contributed by atoms with Crippen molar-refractivity contribution in [1.29, 1.82) is 0 Å². The third-order valence-corrected chi connectivity index (χ3v) is 8.56. The summed E-state index contributed by atoms with van der Waals surface area (Å²) in [7, 11) is 0. The molecule has 6 rings (SSSR count). The number of thiazole rings is 1. The second kappa shape index (κ2) is 9.60. The van der Waals surface area contributed by atoms with Gasteiger partial charge in [-0.15, -0.1) is 11.3 Å². The molecule has 1 aromatic heterocycles. The van der Waals surface area contributed by atoms with E-state index in [1.807, 2.05) is 30.3 Å². The standard InChI is InChI=1S/C30H29N3O2S/c1-20-7-12-25-27(17-20)36-29(31-25)23-8-10-24(11-9-23)33-28(34)19-26(30(33)35)32-15-13-22(14-16-32)18-21-5-3-2-4-6-21/h2-12,17,22,26H,13-16,18-19H2,1H3/t26-/m0/s1. The first-order valence-corrected chi connectivity index (χ1v) is 13.5. The molecule has 2 aliphatic rings. The van der Waals surface area contributed by atoms with Crippen LogP contribution >= 0.6 is 11.3 Å². The number of imide groups is 1. The first-order chi connectivity index (χ1) is 17.5. The van der Waals surface area contributed by atoms with Crippen molar-refractivity contribution in [3.05, 3.63) is 83.9 Å². The van der Waals surface area contributed by atoms with E-state index in [1.165, 1.54) is 16.0 Å². The third kappa shape index (κ3) is 4.47. The van der Waals surface area contributed by atoms with E-state index in [-0.39, 0.29) is 24.3 Å². The summed E-state index contributed by atoms with van der Waals surface area (Å²) in [5.74, 6) is 0.426. The summed E-state index contributed by atoms with van der Waals surface area (Å²) in [6.07, 6.45) is 3.46. The number of hydrogen-bond acceptors (Lipinski definition) is 5. The van der Waals surface area contributed by atoms with Crippen LogP contribution in [0.5, 0.6) is 0 Å². The number of hydrogen-bond donors (Lipinski definition) is 0. The summed E-state index contributed by atoms with van der Waals surface area (Å²) in [6.45, 7) is 3.81. The molecule has 36 heavy (non-hydrogen) atoms. The summed E-state index contributed by atoms with van der Waals surface area (Å²) < 4.78 is 1.16. The maximum Gasteiger partial charge on any atom is 0.251 e. The van der Waals surface area contributed by atoms with E-state index in [0.29, 0.717) is 11.6 Å². The fourth-order valence-corrected chi connectivity index (χ4v) is 6.57. The lowest BCUT2D eigenvalue weighted by Gasteiger charge is -2.34. The molecule has 4 aromatic rings. The SMILES string of the molecule is Cc1ccc2nc(-c3ccc(N4C(=O)C[C@H](N5CCC(Cc6ccccc6)CC5)C4=O)cc3)sc2c1. The van der Waals surface area contributed by atoms with Crippen molar-refractivity contribution in [2.24, 2.45) is 5.92 Å². The van der Waals surface area contributed by atoms with Gasteiger partial charge >= 0.3 is 0 Å². The Balaban J connectivity index is 1.12. The minimum Gasteiger partial charge on any atom is -0.292 e. The van der Waals surface area contributed by atoms with Gasteiger partial charge in [-0.05, 0) is 92.7 Å². The molecular formula is C30H29N3O2S. The minimum absolute atomic E-state index is 0.0929. The summed E-state index contributed by atoms with van der Waals surface area (Å²) >= 11 is 1.66. The molecule has 3 aromatic carbocycles. The quantitative estimate of drug-likeness (QED) is 0.326. The molecule has 0 spiro atoms. The number of carbonyl (C=O) groups is 2. The van der Waals surface area contributed by atoms with Gasteiger partial charge in [-0.1, -0.05) is 36.4 Å². The highest BCUT2D eigenvalue weighted by Crippen LogP contribution is 2.34. The van der Waals surface area contributed by atoms with Crippen molar-refractivity contribution >= 4 is 39.1 Å². The van der Waals surface area contributed by atoms with E-state index in [9.17, 15) is 9.59 Å². The van der Waals surface area contributed by atoms with Gasteiger partial charge in [-0.2, -0.15) is 0 Å². The van der Waals surface area contributed by atoms with Gasteiger partial charge in [0.1, 0.15) is 5.01 Å². The number of benzene rings is 3. The van der Waals surface area contributed by atoms with Gasteiger partial charge < -0.3 is 0 Å². The van der Waals surface area contributed by atoms with Gasteiger partial charge in [-0.3, -0.25) is 14.5 Å². The van der Waals surface area contributed by atoms with Crippen molar-refractivity contribution in [2.75, 3.05) is 18.0 Å². The Kier molecular flexibility index (Phi) is 6.15. The largest absolute Gasteiger partial charge is 0.292 e. The number of aromatic nitrogens is 1. The van der Waals surface area contributed by atoms with Gasteiger partial charge in [0, 0.05) is 5.56 Å². The normalized spacial score (nSPS) is 19.5. The number of aryl methyl sites for hydroxylation is 1. The molecule has 0 bridgehead atoms. The molecule has 2 saturated heterocycles. The van der Waals surface area contributed by atoms with E-state index >= 15 is 0 Å². The molecule has 1 atom stereocenters. The zero-order chi connectivity index (χ0) is 24.6. The molecule has 0 unspecified atom stereocenters. The zero-order valence-corrected chi connectivity index (χ0v) is 21.2. The number of nitrogens with zero attached hydrogens (tertiary/aromatic N) is 3. The molecular weight excluding hydrogens is 466 g/mol. The minimum atomic E-state index is -0.345. The molecule has 182 valence electrons. The lowest BCUT2D eigenvalue weighted by molar-refractivity contribution is -0.123. The number of piperidine rings is 1. The Morgan fingerprint density at radius 2 is 1.69 bits per heavy atom. The molecule has 2 aliphatic heterocycles. The molecule has 0 N–H and O–H groups in total. The monoisotopic (exact) mass is 495 g/mol. The highest BCUT2D eigenvalue weighted by molar-refractivity contribution is 7.21. The Labute approximate surface area is 215 Å². The third-order valence-electron chi connectivity index (χ3n) is 7.50. The predicted octanol–water partition coefficient (Wildman–Crippen LogP) is 5.86. The van der Waals surface area contributed by atoms with E-state index in [0.717, 1.165) is 53.1 Å². The van der Waals surface area contributed by atoms with Gasteiger partial charge in [0.05, 0.1) is 28.4 Å². The number of likely N-dealkylation sites (tertiary alicyclic amines) is 1. The highest BCUT2D eigenvalue weighted by Gasteiger charge is 2.43. The lowest BCUT2D eigenvalue weighted by Crippen LogP contribution is -2.46. The molecule has 2 amide bonds. The van der Waals surface area contributed by atoms with E-state index < -0.39 is 0 Å². The topological polar surface area (TPSA) is 53.5 Å². The molecule has 2 fully saturated rings. The van der Waals surface area contributed by atoms with Crippen molar-refractivity contribution in [2.45, 2.75) is 38.6 Å². The van der Waals surface area contributed by atoms with Crippen LogP contribution in [0.2, 0.25) is 0 Å². The summed E-state index contributed by atoms with van der Waals surface area (Å²) in [5.41, 5.74) is 5.22. The maximum atomic E-state index is 13.3. The predicted molar refractivity (Wildman–Crippen MR) is 145 cm³/mol. The molecule has 6 heteroatoms. The first-order valence-electron chi connectivity index (χ1n) is 12.7. The second-order valence-electron chi connectivity index (χ2n) is 9.99. The number of fused-ring (bicyclic) bond motifs is 1. The van der Waals surface area contributed by atoms with Crippen LogP contribution in [-0.4, -0.2) is 40.8 Å². The van der Waals surface area contributed by atoms with Crippen LogP contribution in [0, 0.1) is 12.8 Å². The molecule has 3 heterocycles. The van der Waals surface area contributed by atoms with Gasteiger partial charge in [-0.25, -0.2) is 9.88 Å². The van der Waals surface area contributed by atoms with Crippen LogP contribution in [0.3, 0.4) is 0 Å².